The van der Waals surface area contributed by atoms with Crippen LogP contribution in [0, 0.1) is 5.41 Å². The van der Waals surface area contributed by atoms with Gasteiger partial charge in [0.05, 0.1) is 0 Å². The highest BCUT2D eigenvalue weighted by Crippen LogP contribution is 2.26. The summed E-state index contributed by atoms with van der Waals surface area (Å²) in [5.74, 6) is 0. The van der Waals surface area contributed by atoms with E-state index in [2.05, 4.69) is 26.1 Å². The molecule has 1 N–H and O–H groups in total. The van der Waals surface area contributed by atoms with Gasteiger partial charge in [0.2, 0.25) is 0 Å². The summed E-state index contributed by atoms with van der Waals surface area (Å²) in [5.41, 5.74) is 0.505. The highest BCUT2D eigenvalue weighted by molar-refractivity contribution is 4.83. The van der Waals surface area contributed by atoms with Crippen LogP contribution in [0.3, 0.4) is 0 Å². The summed E-state index contributed by atoms with van der Waals surface area (Å²) in [6.45, 7) is 8.35. The Bertz CT molecular complexity index is 194. The van der Waals surface area contributed by atoms with E-state index in [9.17, 15) is 0 Å². The fourth-order valence-corrected chi connectivity index (χ4v) is 2.53. The van der Waals surface area contributed by atoms with Gasteiger partial charge >= 0.3 is 0 Å². The fourth-order valence-electron chi connectivity index (χ4n) is 2.53. The van der Waals surface area contributed by atoms with Crippen LogP contribution in [0.25, 0.3) is 0 Å². The molecule has 1 aliphatic rings. The first kappa shape index (κ1) is 16.0. The molecule has 108 valence electrons. The van der Waals surface area contributed by atoms with Crippen LogP contribution in [0.4, 0.5) is 0 Å². The summed E-state index contributed by atoms with van der Waals surface area (Å²) >= 11 is 0. The van der Waals surface area contributed by atoms with Crippen LogP contribution in [0.1, 0.15) is 91.4 Å². The van der Waals surface area contributed by atoms with E-state index in [1.54, 1.807) is 0 Å². The maximum Gasteiger partial charge on any atom is 0.00684 e. The Hall–Kier alpha value is -0.0400. The van der Waals surface area contributed by atoms with Crippen molar-refractivity contribution >= 4 is 0 Å². The molecular weight excluding hydrogens is 218 g/mol. The molecule has 0 aromatic rings. The van der Waals surface area contributed by atoms with E-state index in [0.29, 0.717) is 5.41 Å². The van der Waals surface area contributed by atoms with Gasteiger partial charge in [0.25, 0.3) is 0 Å². The van der Waals surface area contributed by atoms with E-state index in [4.69, 9.17) is 0 Å². The van der Waals surface area contributed by atoms with Crippen LogP contribution in [0.15, 0.2) is 0 Å². The van der Waals surface area contributed by atoms with E-state index in [0.717, 1.165) is 6.04 Å². The van der Waals surface area contributed by atoms with Crippen LogP contribution in [-0.2, 0) is 0 Å². The molecule has 1 saturated carbocycles. The molecule has 0 radical (unpaired) electrons. The highest BCUT2D eigenvalue weighted by Gasteiger charge is 2.24. The van der Waals surface area contributed by atoms with E-state index in [1.807, 2.05) is 0 Å². The molecule has 0 bridgehead atoms. The SMILES string of the molecule is CCCCCCCCCCC(C)(C)CNC1CC1. The third-order valence-corrected chi connectivity index (χ3v) is 4.15. The molecule has 1 rings (SSSR count). The quantitative estimate of drug-likeness (QED) is 0.466. The van der Waals surface area contributed by atoms with Crippen molar-refractivity contribution < 1.29 is 0 Å². The lowest BCUT2D eigenvalue weighted by atomic mass is 9.86. The number of hydrogen-bond acceptors (Lipinski definition) is 1. The Kier molecular flexibility index (Phi) is 7.97. The minimum absolute atomic E-state index is 0.505. The maximum absolute atomic E-state index is 3.67. The summed E-state index contributed by atoms with van der Waals surface area (Å²) in [4.78, 5) is 0. The Morgan fingerprint density at radius 1 is 0.889 bits per heavy atom. The zero-order valence-corrected chi connectivity index (χ0v) is 13.1. The first-order chi connectivity index (χ1) is 8.64. The Morgan fingerprint density at radius 2 is 1.44 bits per heavy atom. The predicted molar refractivity (Wildman–Crippen MR) is 82.0 cm³/mol. The normalized spacial score (nSPS) is 16.2. The highest BCUT2D eigenvalue weighted by atomic mass is 15.0. The van der Waals surface area contributed by atoms with Crippen molar-refractivity contribution in [1.82, 2.24) is 5.32 Å². The van der Waals surface area contributed by atoms with Crippen molar-refractivity contribution in [2.45, 2.75) is 97.4 Å². The molecule has 0 aromatic heterocycles. The van der Waals surface area contributed by atoms with Gasteiger partial charge in [0.15, 0.2) is 0 Å². The molecule has 0 heterocycles. The summed E-state index contributed by atoms with van der Waals surface area (Å²) in [5, 5.41) is 3.67. The van der Waals surface area contributed by atoms with Crippen LogP contribution in [0.5, 0.6) is 0 Å². The average Bonchev–Trinajstić information content (AvgIpc) is 3.14. The molecule has 0 saturated heterocycles. The first-order valence-corrected chi connectivity index (χ1v) is 8.37. The van der Waals surface area contributed by atoms with Crippen LogP contribution < -0.4 is 5.32 Å². The summed E-state index contributed by atoms with van der Waals surface area (Å²) in [7, 11) is 0. The summed E-state index contributed by atoms with van der Waals surface area (Å²) < 4.78 is 0. The second-order valence-corrected chi connectivity index (χ2v) is 7.04. The number of nitrogens with one attached hydrogen (secondary N) is 1. The summed E-state index contributed by atoms with van der Waals surface area (Å²) in [6, 6.07) is 0.864. The van der Waals surface area contributed by atoms with Crippen LogP contribution in [0.2, 0.25) is 0 Å². The minimum atomic E-state index is 0.505. The van der Waals surface area contributed by atoms with E-state index < -0.39 is 0 Å². The van der Waals surface area contributed by atoms with Crippen molar-refractivity contribution in [2.24, 2.45) is 5.41 Å². The second-order valence-electron chi connectivity index (χ2n) is 7.04. The number of hydrogen-bond donors (Lipinski definition) is 1. The smallest absolute Gasteiger partial charge is 0.00684 e. The third kappa shape index (κ3) is 8.97. The zero-order valence-electron chi connectivity index (χ0n) is 13.1. The number of unbranched alkanes of at least 4 members (excludes halogenated alkanes) is 7. The monoisotopic (exact) mass is 253 g/mol. The molecule has 1 heteroatoms. The number of rotatable bonds is 12. The van der Waals surface area contributed by atoms with Crippen molar-refractivity contribution in [3.05, 3.63) is 0 Å². The topological polar surface area (TPSA) is 12.0 Å². The van der Waals surface area contributed by atoms with Crippen molar-refractivity contribution in [3.8, 4) is 0 Å². The van der Waals surface area contributed by atoms with Gasteiger partial charge in [0.1, 0.15) is 0 Å². The molecule has 0 aromatic carbocycles. The van der Waals surface area contributed by atoms with E-state index >= 15 is 0 Å². The molecular formula is C17H35N. The van der Waals surface area contributed by atoms with Gasteiger partial charge in [-0.2, -0.15) is 0 Å². The molecule has 0 unspecified atom stereocenters. The van der Waals surface area contributed by atoms with Gasteiger partial charge in [0, 0.05) is 12.6 Å². The molecule has 1 aliphatic carbocycles. The first-order valence-electron chi connectivity index (χ1n) is 8.37. The fraction of sp³-hybridized carbons (Fsp3) is 1.00. The largest absolute Gasteiger partial charge is 0.313 e. The van der Waals surface area contributed by atoms with Crippen molar-refractivity contribution in [3.63, 3.8) is 0 Å². The zero-order chi connectivity index (χ0) is 13.3. The van der Waals surface area contributed by atoms with E-state index in [-0.39, 0.29) is 0 Å². The van der Waals surface area contributed by atoms with Crippen LogP contribution >= 0.6 is 0 Å². The Morgan fingerprint density at radius 3 is 2.00 bits per heavy atom. The maximum atomic E-state index is 3.67. The standard InChI is InChI=1S/C17H35N/c1-4-5-6-7-8-9-10-11-14-17(2,3)15-18-16-12-13-16/h16,18H,4-15H2,1-3H3. The predicted octanol–water partition coefficient (Wildman–Crippen LogP) is 5.30. The molecule has 0 spiro atoms. The van der Waals surface area contributed by atoms with Gasteiger partial charge in [-0.25, -0.2) is 0 Å². The Balaban J connectivity index is 1.85. The summed E-state index contributed by atoms with van der Waals surface area (Å²) in [6.07, 6.45) is 15.7. The van der Waals surface area contributed by atoms with Crippen molar-refractivity contribution in [1.29, 1.82) is 0 Å². The van der Waals surface area contributed by atoms with Gasteiger partial charge < -0.3 is 5.32 Å². The van der Waals surface area contributed by atoms with Gasteiger partial charge in [-0.3, -0.25) is 0 Å². The lowest BCUT2D eigenvalue weighted by Crippen LogP contribution is -2.30. The lowest BCUT2D eigenvalue weighted by Gasteiger charge is -2.25. The Labute approximate surface area is 115 Å². The van der Waals surface area contributed by atoms with Gasteiger partial charge in [-0.15, -0.1) is 0 Å². The molecule has 18 heavy (non-hydrogen) atoms. The molecule has 0 atom stereocenters. The van der Waals surface area contributed by atoms with Gasteiger partial charge in [-0.05, 0) is 24.7 Å². The van der Waals surface area contributed by atoms with E-state index in [1.165, 1.54) is 77.2 Å². The average molecular weight is 253 g/mol. The lowest BCUT2D eigenvalue weighted by molar-refractivity contribution is 0.300. The van der Waals surface area contributed by atoms with Gasteiger partial charge in [-0.1, -0.05) is 72.1 Å². The molecule has 0 aliphatic heterocycles. The van der Waals surface area contributed by atoms with Crippen molar-refractivity contribution in [2.75, 3.05) is 6.54 Å². The molecule has 1 nitrogen and oxygen atoms in total. The third-order valence-electron chi connectivity index (χ3n) is 4.15. The molecule has 0 amide bonds. The van der Waals surface area contributed by atoms with Crippen LogP contribution in [-0.4, -0.2) is 12.6 Å². The second kappa shape index (κ2) is 8.96. The molecule has 1 fully saturated rings. The minimum Gasteiger partial charge on any atom is -0.313 e.